The molecule has 1 fully saturated rings. The summed E-state index contributed by atoms with van der Waals surface area (Å²) in [4.78, 5) is 41.4. The zero-order chi connectivity index (χ0) is 20.4. The van der Waals surface area contributed by atoms with Gasteiger partial charge in [-0.05, 0) is 45.6 Å². The molecule has 28 heavy (non-hydrogen) atoms. The fourth-order valence-electron chi connectivity index (χ4n) is 3.27. The molecule has 8 nitrogen and oxygen atoms in total. The Hall–Kier alpha value is -3.13. The third-order valence-corrected chi connectivity index (χ3v) is 4.70. The van der Waals surface area contributed by atoms with Crippen molar-refractivity contribution in [3.8, 4) is 0 Å². The Morgan fingerprint density at radius 3 is 2.50 bits per heavy atom. The quantitative estimate of drug-likeness (QED) is 0.476. The van der Waals surface area contributed by atoms with E-state index in [0.717, 1.165) is 0 Å². The maximum atomic E-state index is 12.9. The summed E-state index contributed by atoms with van der Waals surface area (Å²) in [5.74, 6) is -1.04. The van der Waals surface area contributed by atoms with E-state index in [1.807, 2.05) is 19.0 Å². The molecule has 3 heterocycles. The number of pyridine rings is 1. The normalized spacial score (nSPS) is 18.9. The molecule has 0 saturated carbocycles. The summed E-state index contributed by atoms with van der Waals surface area (Å²) in [7, 11) is 3.79. The van der Waals surface area contributed by atoms with Crippen LogP contribution in [-0.4, -0.2) is 68.7 Å². The SMILES string of the molecule is Cc1ncc(C(O)=C2C(=O)C(=O)N(CCN(C)C)[C@@H]2c2ccncc2)c(C)n1. The number of likely N-dealkylation sites (N-methyl/N-ethyl adjacent to an activating group) is 1. The van der Waals surface area contributed by atoms with Crippen molar-refractivity contribution in [2.45, 2.75) is 19.9 Å². The Balaban J connectivity index is 2.16. The maximum Gasteiger partial charge on any atom is 0.295 e. The number of carbonyl (C=O) groups excluding carboxylic acids is 2. The molecule has 0 aliphatic carbocycles. The third-order valence-electron chi connectivity index (χ3n) is 4.70. The van der Waals surface area contributed by atoms with Crippen molar-refractivity contribution in [3.63, 3.8) is 0 Å². The zero-order valence-corrected chi connectivity index (χ0v) is 16.4. The second-order valence-corrected chi connectivity index (χ2v) is 6.99. The highest BCUT2D eigenvalue weighted by molar-refractivity contribution is 6.46. The Morgan fingerprint density at radius 1 is 1.21 bits per heavy atom. The highest BCUT2D eigenvalue weighted by Crippen LogP contribution is 2.39. The van der Waals surface area contributed by atoms with Crippen LogP contribution in [0.2, 0.25) is 0 Å². The van der Waals surface area contributed by atoms with E-state index in [0.29, 0.717) is 35.7 Å². The minimum Gasteiger partial charge on any atom is -0.507 e. The number of rotatable bonds is 5. The number of ketones is 1. The predicted molar refractivity (Wildman–Crippen MR) is 103 cm³/mol. The summed E-state index contributed by atoms with van der Waals surface area (Å²) in [6.45, 7) is 4.41. The van der Waals surface area contributed by atoms with E-state index in [1.165, 1.54) is 11.1 Å². The van der Waals surface area contributed by atoms with Gasteiger partial charge in [0.05, 0.1) is 22.9 Å². The smallest absolute Gasteiger partial charge is 0.295 e. The lowest BCUT2D eigenvalue weighted by Gasteiger charge is -2.26. The van der Waals surface area contributed by atoms with Crippen LogP contribution in [0.5, 0.6) is 0 Å². The largest absolute Gasteiger partial charge is 0.507 e. The first-order valence-corrected chi connectivity index (χ1v) is 8.95. The van der Waals surface area contributed by atoms with E-state index in [1.54, 1.807) is 38.4 Å². The van der Waals surface area contributed by atoms with Crippen LogP contribution in [0.1, 0.15) is 28.7 Å². The van der Waals surface area contributed by atoms with E-state index in [-0.39, 0.29) is 11.3 Å². The van der Waals surface area contributed by atoms with Gasteiger partial charge in [-0.3, -0.25) is 14.6 Å². The van der Waals surface area contributed by atoms with E-state index in [4.69, 9.17) is 0 Å². The summed E-state index contributed by atoms with van der Waals surface area (Å²) in [5, 5.41) is 11.0. The number of aromatic nitrogens is 3. The Morgan fingerprint density at radius 2 is 1.89 bits per heavy atom. The first kappa shape index (κ1) is 19.6. The van der Waals surface area contributed by atoms with Crippen molar-refractivity contribution in [1.82, 2.24) is 24.8 Å². The second-order valence-electron chi connectivity index (χ2n) is 6.99. The van der Waals surface area contributed by atoms with Crippen molar-refractivity contribution in [1.29, 1.82) is 0 Å². The summed E-state index contributed by atoms with van der Waals surface area (Å²) in [6.07, 6.45) is 4.67. The first-order valence-electron chi connectivity index (χ1n) is 8.95. The molecule has 1 N–H and O–H groups in total. The van der Waals surface area contributed by atoms with Gasteiger partial charge in [0.25, 0.3) is 11.7 Å². The molecule has 2 aromatic rings. The van der Waals surface area contributed by atoms with E-state index < -0.39 is 17.7 Å². The van der Waals surface area contributed by atoms with Gasteiger partial charge in [0.15, 0.2) is 0 Å². The minimum atomic E-state index is -0.710. The molecule has 0 radical (unpaired) electrons. The second kappa shape index (κ2) is 7.85. The number of amides is 1. The van der Waals surface area contributed by atoms with Crippen LogP contribution in [0, 0.1) is 13.8 Å². The lowest BCUT2D eigenvalue weighted by Crippen LogP contribution is -2.35. The number of Topliss-reactive ketones (excluding diaryl/α,β-unsaturated/α-hetero) is 1. The molecule has 0 unspecified atom stereocenters. The van der Waals surface area contributed by atoms with Gasteiger partial charge in [0.2, 0.25) is 0 Å². The zero-order valence-electron chi connectivity index (χ0n) is 16.4. The molecule has 1 saturated heterocycles. The van der Waals surface area contributed by atoms with Gasteiger partial charge in [-0.15, -0.1) is 0 Å². The average Bonchev–Trinajstić information content (AvgIpc) is 2.91. The molecule has 146 valence electrons. The molecule has 1 amide bonds. The standard InChI is InChI=1S/C20H23N5O3/c1-12-15(11-22-13(2)23-12)18(26)16-17(14-5-7-21-8-6-14)25(10-9-24(3)4)20(28)19(16)27/h5-8,11,17,26H,9-10H2,1-4H3/t17-/m1/s1. The molecule has 2 aromatic heterocycles. The molecule has 0 bridgehead atoms. The van der Waals surface area contributed by atoms with Gasteiger partial charge in [0, 0.05) is 31.7 Å². The van der Waals surface area contributed by atoms with Crippen LogP contribution >= 0.6 is 0 Å². The summed E-state index contributed by atoms with van der Waals surface area (Å²) in [5.41, 5.74) is 1.64. The van der Waals surface area contributed by atoms with Gasteiger partial charge in [-0.1, -0.05) is 0 Å². The van der Waals surface area contributed by atoms with Gasteiger partial charge in [0.1, 0.15) is 11.6 Å². The number of aryl methyl sites for hydroxylation is 2. The molecular weight excluding hydrogens is 358 g/mol. The Bertz CT molecular complexity index is 940. The lowest BCUT2D eigenvalue weighted by molar-refractivity contribution is -0.140. The maximum absolute atomic E-state index is 12.9. The minimum absolute atomic E-state index is 0.0468. The monoisotopic (exact) mass is 381 g/mol. The number of nitrogens with zero attached hydrogens (tertiary/aromatic N) is 5. The van der Waals surface area contributed by atoms with Crippen LogP contribution in [-0.2, 0) is 9.59 Å². The van der Waals surface area contributed by atoms with E-state index >= 15 is 0 Å². The van der Waals surface area contributed by atoms with Crippen LogP contribution in [0.4, 0.5) is 0 Å². The molecular formula is C20H23N5O3. The predicted octanol–water partition coefficient (Wildman–Crippen LogP) is 1.47. The molecule has 0 spiro atoms. The molecule has 1 aliphatic heterocycles. The highest BCUT2D eigenvalue weighted by atomic mass is 16.3. The van der Waals surface area contributed by atoms with E-state index in [9.17, 15) is 14.7 Å². The van der Waals surface area contributed by atoms with Gasteiger partial charge in [-0.2, -0.15) is 0 Å². The van der Waals surface area contributed by atoms with Crippen LogP contribution in [0.25, 0.3) is 5.76 Å². The van der Waals surface area contributed by atoms with Crippen molar-refractivity contribution < 1.29 is 14.7 Å². The molecule has 1 atom stereocenters. The van der Waals surface area contributed by atoms with Gasteiger partial charge in [-0.25, -0.2) is 9.97 Å². The van der Waals surface area contributed by atoms with Gasteiger partial charge < -0.3 is 14.9 Å². The van der Waals surface area contributed by atoms with Crippen molar-refractivity contribution in [2.75, 3.05) is 27.2 Å². The number of carbonyl (C=O) groups is 2. The fraction of sp³-hybridized carbons (Fsp3) is 0.350. The Kier molecular flexibility index (Phi) is 5.51. The first-order chi connectivity index (χ1) is 13.3. The molecule has 8 heteroatoms. The number of hydrogen-bond acceptors (Lipinski definition) is 7. The molecule has 3 rings (SSSR count). The van der Waals surface area contributed by atoms with Crippen molar-refractivity contribution in [2.24, 2.45) is 0 Å². The summed E-state index contributed by atoms with van der Waals surface area (Å²) < 4.78 is 0. The molecule has 1 aliphatic rings. The molecule has 0 aromatic carbocycles. The number of hydrogen-bond donors (Lipinski definition) is 1. The van der Waals surface area contributed by atoms with E-state index in [2.05, 4.69) is 15.0 Å². The van der Waals surface area contributed by atoms with Crippen molar-refractivity contribution in [3.05, 3.63) is 58.9 Å². The number of aliphatic hydroxyl groups is 1. The third kappa shape index (κ3) is 3.63. The lowest BCUT2D eigenvalue weighted by atomic mass is 9.96. The van der Waals surface area contributed by atoms with Crippen molar-refractivity contribution >= 4 is 17.4 Å². The summed E-state index contributed by atoms with van der Waals surface area (Å²) in [6, 6.07) is 2.79. The summed E-state index contributed by atoms with van der Waals surface area (Å²) >= 11 is 0. The topological polar surface area (TPSA) is 99.5 Å². The van der Waals surface area contributed by atoms with Crippen LogP contribution in [0.3, 0.4) is 0 Å². The number of likely N-dealkylation sites (tertiary alicyclic amines) is 1. The van der Waals surface area contributed by atoms with Crippen LogP contribution in [0.15, 0.2) is 36.3 Å². The Labute approximate surface area is 163 Å². The number of aliphatic hydroxyl groups excluding tert-OH is 1. The van der Waals surface area contributed by atoms with Gasteiger partial charge >= 0.3 is 0 Å². The fourth-order valence-corrected chi connectivity index (χ4v) is 3.27. The average molecular weight is 381 g/mol. The van der Waals surface area contributed by atoms with Crippen LogP contribution < -0.4 is 0 Å². The highest BCUT2D eigenvalue weighted by Gasteiger charge is 2.46.